The number of nitrogens with one attached hydrogen (secondary N) is 1. The van der Waals surface area contributed by atoms with Crippen molar-refractivity contribution in [3.05, 3.63) is 48.3 Å². The van der Waals surface area contributed by atoms with Gasteiger partial charge in [0.25, 0.3) is 5.19 Å². The zero-order valence-corrected chi connectivity index (χ0v) is 17.2. The second kappa shape index (κ2) is 7.72. The van der Waals surface area contributed by atoms with Crippen LogP contribution in [0.2, 0.25) is 0 Å². The molecule has 4 heterocycles. The number of hydrogen-bond donors (Lipinski definition) is 1. The standard InChI is InChI=1S/C22H24N4O2S/c1-14(27)24-16-10-17-4-5-18(11-16)26(17)13-15-2-6-19(7-3-15)28-22-25-20-12-23-9-8-21(20)29-22/h2-3,6-9,12,16-18H,4-5,10-11,13H2,1H3,(H,24,27)/t16-,17+,18-. The van der Waals surface area contributed by atoms with E-state index in [0.717, 1.165) is 35.4 Å². The Bertz CT molecular complexity index is 972. The van der Waals surface area contributed by atoms with Crippen molar-refractivity contribution < 1.29 is 9.53 Å². The molecule has 0 saturated carbocycles. The predicted octanol–water partition coefficient (Wildman–Crippen LogP) is 4.12. The second-order valence-corrected chi connectivity index (χ2v) is 8.99. The van der Waals surface area contributed by atoms with Crippen LogP contribution in [0.1, 0.15) is 38.2 Å². The van der Waals surface area contributed by atoms with Crippen LogP contribution in [0.5, 0.6) is 10.9 Å². The molecular weight excluding hydrogens is 384 g/mol. The summed E-state index contributed by atoms with van der Waals surface area (Å²) < 4.78 is 7.01. The number of aromatic nitrogens is 2. The fourth-order valence-corrected chi connectivity index (χ4v) is 5.52. The summed E-state index contributed by atoms with van der Waals surface area (Å²) in [5, 5.41) is 3.75. The van der Waals surface area contributed by atoms with Gasteiger partial charge in [-0.05, 0) is 49.4 Å². The monoisotopic (exact) mass is 408 g/mol. The number of ether oxygens (including phenoxy) is 1. The molecule has 0 radical (unpaired) electrons. The van der Waals surface area contributed by atoms with Crippen LogP contribution in [-0.4, -0.2) is 38.9 Å². The summed E-state index contributed by atoms with van der Waals surface area (Å²) in [6, 6.07) is 11.7. The van der Waals surface area contributed by atoms with Crippen LogP contribution in [0, 0.1) is 0 Å². The van der Waals surface area contributed by atoms with Crippen LogP contribution >= 0.6 is 11.3 Å². The number of piperidine rings is 1. The fraction of sp³-hybridized carbons (Fsp3) is 0.409. The number of carbonyl (C=O) groups excluding carboxylic acids is 1. The highest BCUT2D eigenvalue weighted by Crippen LogP contribution is 2.37. The predicted molar refractivity (Wildman–Crippen MR) is 113 cm³/mol. The maximum Gasteiger partial charge on any atom is 0.279 e. The van der Waals surface area contributed by atoms with Crippen molar-refractivity contribution in [3.8, 4) is 10.9 Å². The first kappa shape index (κ1) is 18.5. The Morgan fingerprint density at radius 3 is 2.66 bits per heavy atom. The molecule has 3 atom stereocenters. The molecule has 2 aliphatic heterocycles. The summed E-state index contributed by atoms with van der Waals surface area (Å²) >= 11 is 1.53. The third-order valence-electron chi connectivity index (χ3n) is 5.96. The molecule has 2 aromatic heterocycles. The van der Waals surface area contributed by atoms with Crippen molar-refractivity contribution in [1.82, 2.24) is 20.2 Å². The Morgan fingerprint density at radius 2 is 1.97 bits per heavy atom. The Labute approximate surface area is 173 Å². The fourth-order valence-electron chi connectivity index (χ4n) is 4.71. The molecule has 3 aromatic rings. The third kappa shape index (κ3) is 3.97. The summed E-state index contributed by atoms with van der Waals surface area (Å²) in [6.45, 7) is 2.57. The van der Waals surface area contributed by atoms with Crippen LogP contribution in [0.4, 0.5) is 0 Å². The highest BCUT2D eigenvalue weighted by molar-refractivity contribution is 7.20. The van der Waals surface area contributed by atoms with Crippen molar-refractivity contribution >= 4 is 27.5 Å². The van der Waals surface area contributed by atoms with Gasteiger partial charge in [0.15, 0.2) is 0 Å². The van der Waals surface area contributed by atoms with Gasteiger partial charge in [-0.25, -0.2) is 4.98 Å². The summed E-state index contributed by atoms with van der Waals surface area (Å²) in [6.07, 6.45) is 8.10. The van der Waals surface area contributed by atoms with Gasteiger partial charge in [-0.1, -0.05) is 23.5 Å². The van der Waals surface area contributed by atoms with E-state index in [1.165, 1.54) is 29.7 Å². The summed E-state index contributed by atoms with van der Waals surface area (Å²) in [4.78, 5) is 22.6. The number of thiazole rings is 1. The molecule has 2 bridgehead atoms. The molecule has 2 fully saturated rings. The summed E-state index contributed by atoms with van der Waals surface area (Å²) in [5.41, 5.74) is 2.16. The van der Waals surface area contributed by atoms with Crippen molar-refractivity contribution in [3.63, 3.8) is 0 Å². The van der Waals surface area contributed by atoms with Gasteiger partial charge in [-0.3, -0.25) is 14.7 Å². The largest absolute Gasteiger partial charge is 0.431 e. The van der Waals surface area contributed by atoms with Gasteiger partial charge in [0.2, 0.25) is 5.91 Å². The number of benzene rings is 1. The van der Waals surface area contributed by atoms with E-state index in [0.29, 0.717) is 23.3 Å². The van der Waals surface area contributed by atoms with Crippen molar-refractivity contribution in [2.45, 2.75) is 57.3 Å². The average Bonchev–Trinajstić information content (AvgIpc) is 3.20. The smallest absolute Gasteiger partial charge is 0.279 e. The number of carbonyl (C=O) groups is 1. The van der Waals surface area contributed by atoms with Gasteiger partial charge in [0.05, 0.1) is 10.9 Å². The van der Waals surface area contributed by atoms with E-state index in [1.807, 2.05) is 18.2 Å². The van der Waals surface area contributed by atoms with E-state index in [4.69, 9.17) is 4.74 Å². The van der Waals surface area contributed by atoms with Crippen molar-refractivity contribution in [2.75, 3.05) is 0 Å². The molecule has 0 aliphatic carbocycles. The molecule has 5 rings (SSSR count). The normalized spacial score (nSPS) is 24.0. The van der Waals surface area contributed by atoms with Crippen molar-refractivity contribution in [2.24, 2.45) is 0 Å². The lowest BCUT2D eigenvalue weighted by atomic mass is 9.96. The molecular formula is C22H24N4O2S. The number of fused-ring (bicyclic) bond motifs is 3. The molecule has 2 saturated heterocycles. The summed E-state index contributed by atoms with van der Waals surface area (Å²) in [7, 11) is 0. The zero-order valence-electron chi connectivity index (χ0n) is 16.4. The molecule has 29 heavy (non-hydrogen) atoms. The number of amides is 1. The first-order valence-electron chi connectivity index (χ1n) is 10.1. The topological polar surface area (TPSA) is 67.4 Å². The Morgan fingerprint density at radius 1 is 1.21 bits per heavy atom. The lowest BCUT2D eigenvalue weighted by Crippen LogP contribution is -2.49. The molecule has 7 heteroatoms. The number of hydrogen-bond acceptors (Lipinski definition) is 6. The molecule has 0 unspecified atom stereocenters. The number of nitrogens with zero attached hydrogens (tertiary/aromatic N) is 3. The van der Waals surface area contributed by atoms with Crippen LogP contribution in [0.15, 0.2) is 42.7 Å². The molecule has 150 valence electrons. The number of pyridine rings is 1. The van der Waals surface area contributed by atoms with E-state index < -0.39 is 0 Å². The molecule has 1 aromatic carbocycles. The van der Waals surface area contributed by atoms with Crippen molar-refractivity contribution in [1.29, 1.82) is 0 Å². The van der Waals surface area contributed by atoms with Gasteiger partial charge in [-0.2, -0.15) is 0 Å². The highest BCUT2D eigenvalue weighted by Gasteiger charge is 2.40. The minimum atomic E-state index is 0.0860. The molecule has 1 N–H and O–H groups in total. The van der Waals surface area contributed by atoms with E-state index in [9.17, 15) is 4.79 Å². The van der Waals surface area contributed by atoms with Gasteiger partial charge in [-0.15, -0.1) is 0 Å². The summed E-state index contributed by atoms with van der Waals surface area (Å²) in [5.74, 6) is 0.885. The van der Waals surface area contributed by atoms with Gasteiger partial charge in [0.1, 0.15) is 11.3 Å². The average molecular weight is 409 g/mol. The lowest BCUT2D eigenvalue weighted by molar-refractivity contribution is -0.120. The van der Waals surface area contributed by atoms with Gasteiger partial charge >= 0.3 is 0 Å². The number of rotatable bonds is 5. The maximum absolute atomic E-state index is 11.4. The lowest BCUT2D eigenvalue weighted by Gasteiger charge is -2.39. The van der Waals surface area contributed by atoms with Crippen LogP contribution in [-0.2, 0) is 11.3 Å². The Balaban J connectivity index is 1.22. The first-order chi connectivity index (χ1) is 14.1. The van der Waals surface area contributed by atoms with E-state index >= 15 is 0 Å². The molecule has 2 aliphatic rings. The first-order valence-corrected chi connectivity index (χ1v) is 11.0. The minimum Gasteiger partial charge on any atom is -0.431 e. The Hall–Kier alpha value is -2.51. The van der Waals surface area contributed by atoms with Crippen LogP contribution in [0.3, 0.4) is 0 Å². The second-order valence-electron chi connectivity index (χ2n) is 8.00. The zero-order chi connectivity index (χ0) is 19.8. The quantitative estimate of drug-likeness (QED) is 0.688. The van der Waals surface area contributed by atoms with Gasteiger partial charge in [0, 0.05) is 37.8 Å². The molecule has 6 nitrogen and oxygen atoms in total. The van der Waals surface area contributed by atoms with Gasteiger partial charge < -0.3 is 10.1 Å². The van der Waals surface area contributed by atoms with E-state index in [-0.39, 0.29) is 5.91 Å². The minimum absolute atomic E-state index is 0.0860. The highest BCUT2D eigenvalue weighted by atomic mass is 32.1. The SMILES string of the molecule is CC(=O)N[C@H]1C[C@H]2CC[C@@H](C1)N2Cc1ccc(Oc2nc3cnccc3s2)cc1. The molecule has 0 spiro atoms. The third-order valence-corrected chi connectivity index (χ3v) is 6.87. The maximum atomic E-state index is 11.4. The Kier molecular flexibility index (Phi) is 4.93. The van der Waals surface area contributed by atoms with Crippen LogP contribution < -0.4 is 10.1 Å². The van der Waals surface area contributed by atoms with E-state index in [2.05, 4.69) is 32.3 Å². The van der Waals surface area contributed by atoms with E-state index in [1.54, 1.807) is 19.3 Å². The molecule has 1 amide bonds. The van der Waals surface area contributed by atoms with Crippen LogP contribution in [0.25, 0.3) is 10.2 Å².